The number of carbonyl (C=O) groups excluding carboxylic acids is 1. The number of carbonyl (C=O) groups is 2. The molecule has 0 bridgehead atoms. The van der Waals surface area contributed by atoms with Crippen LogP contribution in [0.4, 0.5) is 0 Å². The summed E-state index contributed by atoms with van der Waals surface area (Å²) in [6.45, 7) is 4.88. The molecule has 0 radical (unpaired) electrons. The maximum absolute atomic E-state index is 12.3. The van der Waals surface area contributed by atoms with Crippen LogP contribution in [-0.2, 0) is 15.1 Å². The minimum absolute atomic E-state index is 0.195. The number of carboxylic acids is 1. The van der Waals surface area contributed by atoms with Crippen molar-refractivity contribution in [2.45, 2.75) is 45.2 Å². The lowest BCUT2D eigenvalue weighted by Gasteiger charge is -2.29. The summed E-state index contributed by atoms with van der Waals surface area (Å²) < 4.78 is 1.54. The third-order valence-corrected chi connectivity index (χ3v) is 3.99. The van der Waals surface area contributed by atoms with Crippen LogP contribution in [0.3, 0.4) is 0 Å². The molecule has 1 saturated carbocycles. The number of nitrogens with one attached hydrogen (secondary N) is 1. The zero-order valence-corrected chi connectivity index (χ0v) is 11.3. The number of aromatic nitrogens is 3. The highest BCUT2D eigenvalue weighted by Crippen LogP contribution is 2.43. The molecule has 1 fully saturated rings. The molecular weight excluding hydrogens is 248 g/mol. The summed E-state index contributed by atoms with van der Waals surface area (Å²) in [4.78, 5) is 23.5. The predicted molar refractivity (Wildman–Crippen MR) is 66.3 cm³/mol. The SMILES string of the molecule is CC(NC(=O)C1(n2ccnn2)CC1)C(C)(C)C(=O)O. The van der Waals surface area contributed by atoms with Crippen molar-refractivity contribution in [3.63, 3.8) is 0 Å². The fraction of sp³-hybridized carbons (Fsp3) is 0.667. The fourth-order valence-electron chi connectivity index (χ4n) is 1.81. The molecule has 1 unspecified atom stereocenters. The van der Waals surface area contributed by atoms with E-state index in [-0.39, 0.29) is 5.91 Å². The summed E-state index contributed by atoms with van der Waals surface area (Å²) in [6, 6.07) is -0.474. The second kappa shape index (κ2) is 4.32. The number of amides is 1. The first-order valence-electron chi connectivity index (χ1n) is 6.22. The van der Waals surface area contributed by atoms with Gasteiger partial charge in [-0.2, -0.15) is 0 Å². The summed E-state index contributed by atoms with van der Waals surface area (Å²) >= 11 is 0. The number of carboxylic acid groups (broad SMARTS) is 1. The molecule has 1 aromatic rings. The average molecular weight is 266 g/mol. The standard InChI is InChI=1S/C12H18N4O3/c1-8(11(2,3)10(18)19)14-9(17)12(4-5-12)16-7-6-13-15-16/h6-8H,4-5H2,1-3H3,(H,14,17)(H,18,19). The Hall–Kier alpha value is -1.92. The molecule has 0 aromatic carbocycles. The Morgan fingerprint density at radius 1 is 1.47 bits per heavy atom. The number of rotatable bonds is 5. The van der Waals surface area contributed by atoms with E-state index >= 15 is 0 Å². The lowest BCUT2D eigenvalue weighted by molar-refractivity contribution is -0.148. The first-order chi connectivity index (χ1) is 8.80. The summed E-state index contributed by atoms with van der Waals surface area (Å²) in [5.74, 6) is -1.13. The molecule has 7 nitrogen and oxygen atoms in total. The van der Waals surface area contributed by atoms with E-state index in [1.165, 1.54) is 6.20 Å². The van der Waals surface area contributed by atoms with Gasteiger partial charge >= 0.3 is 5.97 Å². The Labute approximate surface area is 111 Å². The van der Waals surface area contributed by atoms with Crippen LogP contribution in [0.2, 0.25) is 0 Å². The van der Waals surface area contributed by atoms with Gasteiger partial charge in [0.2, 0.25) is 5.91 Å². The molecule has 19 heavy (non-hydrogen) atoms. The highest BCUT2D eigenvalue weighted by molar-refractivity contribution is 5.88. The molecule has 1 amide bonds. The van der Waals surface area contributed by atoms with Gasteiger partial charge in [0.05, 0.1) is 11.6 Å². The van der Waals surface area contributed by atoms with Crippen LogP contribution >= 0.6 is 0 Å². The van der Waals surface area contributed by atoms with E-state index in [1.807, 2.05) is 0 Å². The van der Waals surface area contributed by atoms with Crippen molar-refractivity contribution in [2.24, 2.45) is 5.41 Å². The molecule has 2 rings (SSSR count). The van der Waals surface area contributed by atoms with Crippen LogP contribution in [0, 0.1) is 5.41 Å². The highest BCUT2D eigenvalue weighted by Gasteiger charge is 2.53. The Morgan fingerprint density at radius 3 is 2.53 bits per heavy atom. The van der Waals surface area contributed by atoms with Gasteiger partial charge in [-0.15, -0.1) is 5.10 Å². The zero-order valence-electron chi connectivity index (χ0n) is 11.3. The van der Waals surface area contributed by atoms with E-state index in [0.29, 0.717) is 12.8 Å². The maximum Gasteiger partial charge on any atom is 0.311 e. The largest absolute Gasteiger partial charge is 0.481 e. The van der Waals surface area contributed by atoms with Crippen LogP contribution in [0.1, 0.15) is 33.6 Å². The second-order valence-electron chi connectivity index (χ2n) is 5.60. The smallest absolute Gasteiger partial charge is 0.311 e. The molecular formula is C12H18N4O3. The Bertz CT molecular complexity index is 491. The molecule has 0 spiro atoms. The maximum atomic E-state index is 12.3. The van der Waals surface area contributed by atoms with Crippen molar-refractivity contribution >= 4 is 11.9 Å². The molecule has 104 valence electrons. The predicted octanol–water partition coefficient (Wildman–Crippen LogP) is 0.383. The molecule has 0 saturated heterocycles. The molecule has 1 aliphatic rings. The lowest BCUT2D eigenvalue weighted by Crippen LogP contribution is -2.51. The van der Waals surface area contributed by atoms with Gasteiger partial charge in [0.1, 0.15) is 5.54 Å². The quantitative estimate of drug-likeness (QED) is 0.803. The molecule has 7 heteroatoms. The van der Waals surface area contributed by atoms with E-state index < -0.39 is 23.0 Å². The van der Waals surface area contributed by atoms with Crippen molar-refractivity contribution in [1.29, 1.82) is 0 Å². The van der Waals surface area contributed by atoms with Crippen LogP contribution in [0.15, 0.2) is 12.4 Å². The molecule has 0 aliphatic heterocycles. The van der Waals surface area contributed by atoms with Crippen molar-refractivity contribution in [1.82, 2.24) is 20.3 Å². The van der Waals surface area contributed by atoms with Gasteiger partial charge in [-0.1, -0.05) is 5.21 Å². The van der Waals surface area contributed by atoms with Crippen molar-refractivity contribution in [3.8, 4) is 0 Å². The molecule has 1 aliphatic carbocycles. The number of hydrogen-bond acceptors (Lipinski definition) is 4. The van der Waals surface area contributed by atoms with Gasteiger partial charge in [0, 0.05) is 12.2 Å². The zero-order chi connectivity index (χ0) is 14.3. The monoisotopic (exact) mass is 266 g/mol. The van der Waals surface area contributed by atoms with Crippen LogP contribution in [0.5, 0.6) is 0 Å². The van der Waals surface area contributed by atoms with E-state index in [1.54, 1.807) is 31.6 Å². The van der Waals surface area contributed by atoms with E-state index in [0.717, 1.165) is 0 Å². The van der Waals surface area contributed by atoms with E-state index in [4.69, 9.17) is 5.11 Å². The number of hydrogen-bond donors (Lipinski definition) is 2. The van der Waals surface area contributed by atoms with Gasteiger partial charge in [0.25, 0.3) is 0 Å². The molecule has 1 heterocycles. The first-order valence-corrected chi connectivity index (χ1v) is 6.22. The van der Waals surface area contributed by atoms with Crippen LogP contribution in [-0.4, -0.2) is 38.0 Å². The molecule has 1 aromatic heterocycles. The average Bonchev–Trinajstić information content (AvgIpc) is 2.97. The van der Waals surface area contributed by atoms with Crippen molar-refractivity contribution in [3.05, 3.63) is 12.4 Å². The second-order valence-corrected chi connectivity index (χ2v) is 5.60. The highest BCUT2D eigenvalue weighted by atomic mass is 16.4. The van der Waals surface area contributed by atoms with Crippen molar-refractivity contribution < 1.29 is 14.7 Å². The minimum atomic E-state index is -1.02. The summed E-state index contributed by atoms with van der Waals surface area (Å²) in [5.41, 5.74) is -1.70. The summed E-state index contributed by atoms with van der Waals surface area (Å²) in [6.07, 6.45) is 4.57. The van der Waals surface area contributed by atoms with Crippen LogP contribution < -0.4 is 5.32 Å². The summed E-state index contributed by atoms with van der Waals surface area (Å²) in [7, 11) is 0. The Kier molecular flexibility index (Phi) is 3.07. The van der Waals surface area contributed by atoms with Gasteiger partial charge in [0.15, 0.2) is 0 Å². The first kappa shape index (κ1) is 13.5. The van der Waals surface area contributed by atoms with Gasteiger partial charge in [-0.3, -0.25) is 9.59 Å². The van der Waals surface area contributed by atoms with Crippen LogP contribution in [0.25, 0.3) is 0 Å². The van der Waals surface area contributed by atoms with E-state index in [2.05, 4.69) is 15.6 Å². The Balaban J connectivity index is 2.09. The van der Waals surface area contributed by atoms with Crippen molar-refractivity contribution in [2.75, 3.05) is 0 Å². The van der Waals surface area contributed by atoms with E-state index in [9.17, 15) is 9.59 Å². The molecule has 2 N–H and O–H groups in total. The summed E-state index contributed by atoms with van der Waals surface area (Å²) in [5, 5.41) is 19.5. The topological polar surface area (TPSA) is 97.1 Å². The molecule has 1 atom stereocenters. The minimum Gasteiger partial charge on any atom is -0.481 e. The fourth-order valence-corrected chi connectivity index (χ4v) is 1.81. The van der Waals surface area contributed by atoms with Gasteiger partial charge in [-0.25, -0.2) is 4.68 Å². The third kappa shape index (κ3) is 2.20. The number of nitrogens with zero attached hydrogens (tertiary/aromatic N) is 3. The Morgan fingerprint density at radius 2 is 2.11 bits per heavy atom. The van der Waals surface area contributed by atoms with Gasteiger partial charge < -0.3 is 10.4 Å². The normalized spacial score (nSPS) is 18.7. The lowest BCUT2D eigenvalue weighted by atomic mass is 9.85. The van der Waals surface area contributed by atoms with Gasteiger partial charge in [-0.05, 0) is 33.6 Å². The number of aliphatic carboxylic acids is 1. The third-order valence-electron chi connectivity index (χ3n) is 3.99.